The molecule has 1 amide bonds. The van der Waals surface area contributed by atoms with Crippen LogP contribution in [0.2, 0.25) is 0 Å². The molecule has 0 spiro atoms. The van der Waals surface area contributed by atoms with E-state index in [0.717, 1.165) is 10.6 Å². The number of likely N-dealkylation sites (N-methyl/N-ethyl adjacent to an activating group) is 1. The summed E-state index contributed by atoms with van der Waals surface area (Å²) in [6.45, 7) is 4.93. The van der Waals surface area contributed by atoms with Crippen LogP contribution in [0.4, 0.5) is 0 Å². The molecule has 1 aromatic heterocycles. The number of aliphatic hydroxyl groups is 1. The van der Waals surface area contributed by atoms with Crippen molar-refractivity contribution in [1.29, 1.82) is 0 Å². The van der Waals surface area contributed by atoms with Gasteiger partial charge in [-0.2, -0.15) is 0 Å². The highest BCUT2D eigenvalue weighted by molar-refractivity contribution is 7.14. The number of amides is 1. The third-order valence-electron chi connectivity index (χ3n) is 5.87. The monoisotopic (exact) mass is 491 g/mol. The molecule has 2 aromatic carbocycles. The summed E-state index contributed by atoms with van der Waals surface area (Å²) in [6, 6.07) is 16.5. The molecule has 4 rings (SSSR count). The van der Waals surface area contributed by atoms with E-state index in [1.165, 1.54) is 11.3 Å². The number of aromatic nitrogens is 1. The van der Waals surface area contributed by atoms with Gasteiger partial charge in [0, 0.05) is 13.1 Å². The number of ketones is 1. The third-order valence-corrected chi connectivity index (χ3v) is 6.94. The summed E-state index contributed by atoms with van der Waals surface area (Å²) < 4.78 is 6.00. The second-order valence-corrected chi connectivity index (χ2v) is 9.99. The summed E-state index contributed by atoms with van der Waals surface area (Å²) in [6.07, 6.45) is 0. The number of nitrogens with zero attached hydrogens (tertiary/aromatic N) is 3. The van der Waals surface area contributed by atoms with Crippen LogP contribution in [0.25, 0.3) is 0 Å². The minimum absolute atomic E-state index is 0.0840. The molecule has 1 atom stereocenters. The van der Waals surface area contributed by atoms with Gasteiger partial charge >= 0.3 is 0 Å². The van der Waals surface area contributed by atoms with Crippen LogP contribution in [0.1, 0.15) is 37.5 Å². The van der Waals surface area contributed by atoms with Gasteiger partial charge in [0.15, 0.2) is 5.76 Å². The second kappa shape index (κ2) is 10.4. The maximum atomic E-state index is 13.6. The van der Waals surface area contributed by atoms with Gasteiger partial charge < -0.3 is 19.6 Å². The van der Waals surface area contributed by atoms with Crippen LogP contribution in [0.5, 0.6) is 5.75 Å². The van der Waals surface area contributed by atoms with Gasteiger partial charge in [0.25, 0.3) is 5.91 Å². The molecule has 0 fully saturated rings. The van der Waals surface area contributed by atoms with E-state index in [9.17, 15) is 14.7 Å². The number of benzene rings is 2. The lowest BCUT2D eigenvalue weighted by Crippen LogP contribution is -2.36. The van der Waals surface area contributed by atoms with Crippen molar-refractivity contribution in [2.24, 2.45) is 0 Å². The first kappa shape index (κ1) is 24.6. The van der Waals surface area contributed by atoms with Crippen molar-refractivity contribution in [3.05, 3.63) is 92.6 Å². The van der Waals surface area contributed by atoms with E-state index in [2.05, 4.69) is 4.98 Å². The van der Waals surface area contributed by atoms with Crippen LogP contribution in [0.15, 0.2) is 65.9 Å². The Bertz CT molecular complexity index is 1270. The number of Topliss-reactive ketones (excluding diaryl/α,β-unsaturated/α-hetero) is 1. The van der Waals surface area contributed by atoms with Crippen LogP contribution >= 0.6 is 11.3 Å². The average molecular weight is 492 g/mol. The van der Waals surface area contributed by atoms with Crippen LogP contribution in [-0.2, 0) is 11.4 Å². The van der Waals surface area contributed by atoms with Gasteiger partial charge in [0.05, 0.1) is 27.2 Å². The number of carbonyl (C=O) groups excluding carboxylic acids is 2. The lowest BCUT2D eigenvalue weighted by Gasteiger charge is -2.28. The first-order valence-electron chi connectivity index (χ1n) is 11.4. The number of carbonyl (C=O) groups is 2. The highest BCUT2D eigenvalue weighted by Crippen LogP contribution is 2.40. The fourth-order valence-corrected chi connectivity index (χ4v) is 5.02. The van der Waals surface area contributed by atoms with Gasteiger partial charge in [0.2, 0.25) is 5.78 Å². The maximum absolute atomic E-state index is 13.6. The summed E-state index contributed by atoms with van der Waals surface area (Å²) in [5.41, 5.74) is 2.41. The Labute approximate surface area is 209 Å². The molecular formula is C27H29N3O4S. The Hall–Kier alpha value is -3.49. The molecule has 1 aliphatic heterocycles. The van der Waals surface area contributed by atoms with Crippen molar-refractivity contribution in [3.63, 3.8) is 0 Å². The summed E-state index contributed by atoms with van der Waals surface area (Å²) in [7, 11) is 3.83. The Morgan fingerprint density at radius 1 is 1.14 bits per heavy atom. The van der Waals surface area contributed by atoms with E-state index in [-0.39, 0.29) is 11.4 Å². The quantitative estimate of drug-likeness (QED) is 0.445. The largest absolute Gasteiger partial charge is 0.503 e. The average Bonchev–Trinajstić information content (AvgIpc) is 3.31. The summed E-state index contributed by atoms with van der Waals surface area (Å²) in [4.78, 5) is 35.1. The molecule has 2 heterocycles. The van der Waals surface area contributed by atoms with Gasteiger partial charge in [-0.25, -0.2) is 4.98 Å². The van der Waals surface area contributed by atoms with Crippen molar-refractivity contribution in [2.45, 2.75) is 26.5 Å². The van der Waals surface area contributed by atoms with Gasteiger partial charge in [-0.1, -0.05) is 42.5 Å². The van der Waals surface area contributed by atoms with E-state index in [1.807, 2.05) is 80.5 Å². The van der Waals surface area contributed by atoms with Crippen LogP contribution in [0, 0.1) is 13.8 Å². The number of hydrogen-bond donors (Lipinski definition) is 1. The van der Waals surface area contributed by atoms with E-state index >= 15 is 0 Å². The van der Waals surface area contributed by atoms with Crippen molar-refractivity contribution < 1.29 is 19.4 Å². The summed E-state index contributed by atoms with van der Waals surface area (Å²) in [5, 5.41) is 11.6. The molecule has 0 aliphatic carbocycles. The Morgan fingerprint density at radius 3 is 2.54 bits per heavy atom. The summed E-state index contributed by atoms with van der Waals surface area (Å²) >= 11 is 1.27. The Balaban J connectivity index is 1.70. The highest BCUT2D eigenvalue weighted by Gasteiger charge is 2.44. The number of rotatable bonds is 9. The van der Waals surface area contributed by atoms with Crippen molar-refractivity contribution >= 4 is 23.0 Å². The molecule has 1 N–H and O–H groups in total. The first-order valence-corrected chi connectivity index (χ1v) is 12.2. The number of hydrogen-bond acceptors (Lipinski definition) is 7. The standard InChI is InChI=1S/C27H29N3O4S/c1-17-26(35-18(2)28-17)24(31)22-23(30(14-13-29(3)4)27(33)25(22)32)20-11-8-12-21(15-20)34-16-19-9-6-5-7-10-19/h5-12,15,23,32H,13-14,16H2,1-4H3. The predicted octanol–water partition coefficient (Wildman–Crippen LogP) is 4.48. The molecule has 7 nitrogen and oxygen atoms in total. The molecule has 1 unspecified atom stereocenters. The van der Waals surface area contributed by atoms with Crippen LogP contribution < -0.4 is 4.74 Å². The normalized spacial score (nSPS) is 15.9. The molecule has 1 aliphatic rings. The number of ether oxygens (including phenoxy) is 1. The zero-order valence-corrected chi connectivity index (χ0v) is 21.1. The van der Waals surface area contributed by atoms with E-state index < -0.39 is 17.7 Å². The SMILES string of the molecule is Cc1nc(C)c(C(=O)C2=C(O)C(=O)N(CCN(C)C)C2c2cccc(OCc3ccccc3)c2)s1. The van der Waals surface area contributed by atoms with Crippen molar-refractivity contribution in [2.75, 3.05) is 27.2 Å². The lowest BCUT2D eigenvalue weighted by molar-refractivity contribution is -0.129. The van der Waals surface area contributed by atoms with Crippen LogP contribution in [-0.4, -0.2) is 58.8 Å². The fourth-order valence-electron chi connectivity index (χ4n) is 4.15. The number of thiazole rings is 1. The molecule has 0 bridgehead atoms. The predicted molar refractivity (Wildman–Crippen MR) is 136 cm³/mol. The van der Waals surface area contributed by atoms with Gasteiger partial charge in [-0.3, -0.25) is 9.59 Å². The molecule has 0 saturated carbocycles. The minimum Gasteiger partial charge on any atom is -0.503 e. The minimum atomic E-state index is -0.725. The third kappa shape index (κ3) is 5.28. The maximum Gasteiger partial charge on any atom is 0.290 e. The van der Waals surface area contributed by atoms with E-state index in [0.29, 0.717) is 41.6 Å². The zero-order valence-electron chi connectivity index (χ0n) is 20.3. The molecule has 182 valence electrons. The zero-order chi connectivity index (χ0) is 25.1. The van der Waals surface area contributed by atoms with Gasteiger partial charge in [0.1, 0.15) is 12.4 Å². The van der Waals surface area contributed by atoms with E-state index in [4.69, 9.17) is 4.74 Å². The van der Waals surface area contributed by atoms with E-state index in [1.54, 1.807) is 11.8 Å². The highest BCUT2D eigenvalue weighted by atomic mass is 32.1. The second-order valence-electron chi connectivity index (χ2n) is 8.79. The molecule has 3 aromatic rings. The van der Waals surface area contributed by atoms with Crippen LogP contribution in [0.3, 0.4) is 0 Å². The fraction of sp³-hybridized carbons (Fsp3) is 0.296. The van der Waals surface area contributed by atoms with Crippen molar-refractivity contribution in [1.82, 2.24) is 14.8 Å². The summed E-state index contributed by atoms with van der Waals surface area (Å²) in [5.74, 6) is -0.796. The molecule has 35 heavy (non-hydrogen) atoms. The Morgan fingerprint density at radius 2 is 1.89 bits per heavy atom. The molecular weight excluding hydrogens is 462 g/mol. The lowest BCUT2D eigenvalue weighted by atomic mass is 9.95. The molecule has 0 radical (unpaired) electrons. The molecule has 0 saturated heterocycles. The topological polar surface area (TPSA) is 83.0 Å². The number of aliphatic hydroxyl groups excluding tert-OH is 1. The smallest absolute Gasteiger partial charge is 0.290 e. The van der Waals surface area contributed by atoms with Gasteiger partial charge in [-0.15, -0.1) is 11.3 Å². The van der Waals surface area contributed by atoms with Crippen molar-refractivity contribution in [3.8, 4) is 5.75 Å². The Kier molecular flexibility index (Phi) is 7.33. The van der Waals surface area contributed by atoms with Gasteiger partial charge in [-0.05, 0) is 51.2 Å². The first-order chi connectivity index (χ1) is 16.8. The number of aryl methyl sites for hydroxylation is 2. The molecule has 8 heteroatoms.